The van der Waals surface area contributed by atoms with Gasteiger partial charge in [-0.1, -0.05) is 39.0 Å². The number of allylic oxidation sites excluding steroid dienone is 1. The lowest BCUT2D eigenvalue weighted by molar-refractivity contribution is -0.256. The SMILES string of the molecule is C=CCC1(C(N2C(=O)c3ccccc3C2=O)C(C)(C)C)C(=O)OC(C)(C)OC1=O. The fraction of sp³-hybridized carbons (Fsp3) is 0.455. The number of cyclic esters (lactones) is 2. The second-order valence-corrected chi connectivity index (χ2v) is 8.94. The van der Waals surface area contributed by atoms with Crippen molar-refractivity contribution in [2.24, 2.45) is 10.8 Å². The fourth-order valence-corrected chi connectivity index (χ4v) is 4.25. The van der Waals surface area contributed by atoms with Gasteiger partial charge >= 0.3 is 11.9 Å². The number of esters is 2. The Bertz CT molecular complexity index is 868. The Morgan fingerprint density at radius 3 is 1.83 bits per heavy atom. The number of fused-ring (bicyclic) bond motifs is 1. The van der Waals surface area contributed by atoms with E-state index in [9.17, 15) is 19.2 Å². The van der Waals surface area contributed by atoms with Crippen LogP contribution in [-0.2, 0) is 19.1 Å². The van der Waals surface area contributed by atoms with E-state index in [2.05, 4.69) is 6.58 Å². The average molecular weight is 399 g/mol. The van der Waals surface area contributed by atoms with E-state index in [1.54, 1.807) is 45.0 Å². The van der Waals surface area contributed by atoms with Crippen molar-refractivity contribution in [3.63, 3.8) is 0 Å². The monoisotopic (exact) mass is 399 g/mol. The van der Waals surface area contributed by atoms with Crippen molar-refractivity contribution < 1.29 is 28.7 Å². The number of carbonyl (C=O) groups is 4. The summed E-state index contributed by atoms with van der Waals surface area (Å²) in [6, 6.07) is 5.28. The first-order valence-electron chi connectivity index (χ1n) is 9.41. The predicted octanol–water partition coefficient (Wildman–Crippen LogP) is 3.10. The lowest BCUT2D eigenvalue weighted by Crippen LogP contribution is -2.67. The molecule has 1 unspecified atom stereocenters. The minimum atomic E-state index is -1.91. The normalized spacial score (nSPS) is 21.3. The third kappa shape index (κ3) is 3.05. The van der Waals surface area contributed by atoms with Gasteiger partial charge in [0.2, 0.25) is 0 Å². The Hall–Kier alpha value is -2.96. The molecule has 29 heavy (non-hydrogen) atoms. The number of amides is 2. The van der Waals surface area contributed by atoms with Gasteiger partial charge in [-0.15, -0.1) is 6.58 Å². The minimum Gasteiger partial charge on any atom is -0.422 e. The summed E-state index contributed by atoms with van der Waals surface area (Å²) in [5.41, 5.74) is -2.30. The van der Waals surface area contributed by atoms with Gasteiger partial charge in [0.15, 0.2) is 5.41 Å². The van der Waals surface area contributed by atoms with Gasteiger partial charge < -0.3 is 9.47 Å². The molecule has 0 aliphatic carbocycles. The number of ether oxygens (including phenoxy) is 2. The van der Waals surface area contributed by atoms with E-state index < -0.39 is 46.4 Å². The molecule has 1 saturated heterocycles. The van der Waals surface area contributed by atoms with Crippen molar-refractivity contribution in [3.05, 3.63) is 48.0 Å². The lowest BCUT2D eigenvalue weighted by atomic mass is 9.65. The van der Waals surface area contributed by atoms with Crippen molar-refractivity contribution >= 4 is 23.8 Å². The molecular weight excluding hydrogens is 374 g/mol. The molecule has 0 radical (unpaired) electrons. The zero-order valence-corrected chi connectivity index (χ0v) is 17.3. The van der Waals surface area contributed by atoms with Gasteiger partial charge in [0.1, 0.15) is 0 Å². The highest BCUT2D eigenvalue weighted by Crippen LogP contribution is 2.48. The van der Waals surface area contributed by atoms with E-state index in [1.165, 1.54) is 19.9 Å². The Morgan fingerprint density at radius 2 is 1.45 bits per heavy atom. The van der Waals surface area contributed by atoms with Crippen LogP contribution in [0, 0.1) is 10.8 Å². The zero-order chi connectivity index (χ0) is 21.8. The highest BCUT2D eigenvalue weighted by Gasteiger charge is 2.66. The summed E-state index contributed by atoms with van der Waals surface area (Å²) >= 11 is 0. The van der Waals surface area contributed by atoms with Crippen LogP contribution in [0.25, 0.3) is 0 Å². The Balaban J connectivity index is 2.22. The smallest absolute Gasteiger partial charge is 0.329 e. The number of nitrogens with zero attached hydrogens (tertiary/aromatic N) is 1. The fourth-order valence-electron chi connectivity index (χ4n) is 4.25. The summed E-state index contributed by atoms with van der Waals surface area (Å²) in [5, 5.41) is 0. The third-order valence-corrected chi connectivity index (χ3v) is 5.24. The van der Waals surface area contributed by atoms with Gasteiger partial charge in [-0.3, -0.25) is 24.1 Å². The van der Waals surface area contributed by atoms with E-state index in [4.69, 9.17) is 9.47 Å². The topological polar surface area (TPSA) is 90.0 Å². The molecule has 0 bridgehead atoms. The summed E-state index contributed by atoms with van der Waals surface area (Å²) in [5.74, 6) is -4.23. The Labute approximate surface area is 169 Å². The van der Waals surface area contributed by atoms with Crippen LogP contribution in [0.1, 0.15) is 61.8 Å². The van der Waals surface area contributed by atoms with Crippen molar-refractivity contribution in [1.29, 1.82) is 0 Å². The highest BCUT2D eigenvalue weighted by molar-refractivity contribution is 6.22. The molecule has 1 fully saturated rings. The largest absolute Gasteiger partial charge is 0.422 e. The predicted molar refractivity (Wildman–Crippen MR) is 104 cm³/mol. The second kappa shape index (κ2) is 6.54. The van der Waals surface area contributed by atoms with E-state index in [0.717, 1.165) is 4.90 Å². The number of carbonyl (C=O) groups excluding carboxylic acids is 4. The van der Waals surface area contributed by atoms with Crippen molar-refractivity contribution in [2.45, 2.75) is 52.9 Å². The molecule has 7 nitrogen and oxygen atoms in total. The molecule has 1 aromatic rings. The molecule has 0 saturated carbocycles. The molecule has 3 rings (SSSR count). The third-order valence-electron chi connectivity index (χ3n) is 5.24. The number of hydrogen-bond acceptors (Lipinski definition) is 6. The van der Waals surface area contributed by atoms with Gasteiger partial charge in [-0.05, 0) is 24.0 Å². The Morgan fingerprint density at radius 1 is 1.00 bits per heavy atom. The number of benzene rings is 1. The maximum Gasteiger partial charge on any atom is 0.329 e. The van der Waals surface area contributed by atoms with E-state index in [0.29, 0.717) is 0 Å². The standard InChI is InChI=1S/C22H25NO6/c1-7-12-22(18(26)28-21(5,6)29-19(22)27)17(20(2,3)4)23-15(24)13-10-8-9-11-14(13)16(23)25/h7-11,17H,1,12H2,2-6H3. The van der Waals surface area contributed by atoms with Crippen LogP contribution < -0.4 is 0 Å². The molecule has 0 spiro atoms. The summed E-state index contributed by atoms with van der Waals surface area (Å²) in [4.78, 5) is 53.9. The molecule has 154 valence electrons. The Kier molecular flexibility index (Phi) is 4.68. The van der Waals surface area contributed by atoms with Crippen LogP contribution >= 0.6 is 0 Å². The molecule has 0 aromatic heterocycles. The quantitative estimate of drug-likeness (QED) is 0.334. The summed E-state index contributed by atoms with van der Waals surface area (Å²) in [6.07, 6.45) is 1.26. The van der Waals surface area contributed by atoms with Gasteiger partial charge in [0.05, 0.1) is 17.2 Å². The zero-order valence-electron chi connectivity index (χ0n) is 17.3. The van der Waals surface area contributed by atoms with Crippen LogP contribution in [-0.4, -0.2) is 40.5 Å². The molecule has 7 heteroatoms. The van der Waals surface area contributed by atoms with Crippen LogP contribution in [0.4, 0.5) is 0 Å². The molecule has 1 aromatic carbocycles. The molecular formula is C22H25NO6. The number of rotatable bonds is 4. The van der Waals surface area contributed by atoms with Crippen LogP contribution in [0.3, 0.4) is 0 Å². The average Bonchev–Trinajstić information content (AvgIpc) is 2.83. The van der Waals surface area contributed by atoms with Crippen LogP contribution in [0.5, 0.6) is 0 Å². The first-order chi connectivity index (χ1) is 13.4. The van der Waals surface area contributed by atoms with Crippen LogP contribution in [0.2, 0.25) is 0 Å². The molecule has 2 aliphatic rings. The lowest BCUT2D eigenvalue weighted by Gasteiger charge is -2.50. The van der Waals surface area contributed by atoms with E-state index in [-0.39, 0.29) is 17.5 Å². The molecule has 1 atom stereocenters. The molecule has 0 N–H and O–H groups in total. The van der Waals surface area contributed by atoms with Gasteiger partial charge in [0.25, 0.3) is 17.6 Å². The van der Waals surface area contributed by atoms with Crippen LogP contribution in [0.15, 0.2) is 36.9 Å². The van der Waals surface area contributed by atoms with Crippen molar-refractivity contribution in [2.75, 3.05) is 0 Å². The van der Waals surface area contributed by atoms with E-state index >= 15 is 0 Å². The minimum absolute atomic E-state index is 0.143. The maximum atomic E-state index is 13.2. The maximum absolute atomic E-state index is 13.2. The van der Waals surface area contributed by atoms with Crippen molar-refractivity contribution in [1.82, 2.24) is 4.90 Å². The summed E-state index contributed by atoms with van der Waals surface area (Å²) < 4.78 is 10.8. The molecule has 2 aliphatic heterocycles. The van der Waals surface area contributed by atoms with E-state index in [1.807, 2.05) is 0 Å². The molecule has 2 amide bonds. The van der Waals surface area contributed by atoms with Gasteiger partial charge in [-0.2, -0.15) is 0 Å². The molecule has 2 heterocycles. The van der Waals surface area contributed by atoms with Gasteiger partial charge in [-0.25, -0.2) is 0 Å². The summed E-state index contributed by atoms with van der Waals surface area (Å²) in [7, 11) is 0. The second-order valence-electron chi connectivity index (χ2n) is 8.94. The van der Waals surface area contributed by atoms with Gasteiger partial charge in [0, 0.05) is 13.8 Å². The summed E-state index contributed by atoms with van der Waals surface area (Å²) in [6.45, 7) is 11.8. The highest BCUT2D eigenvalue weighted by atomic mass is 16.7. The number of hydrogen-bond donors (Lipinski definition) is 0. The number of imide groups is 1. The first-order valence-corrected chi connectivity index (χ1v) is 9.41. The first kappa shape index (κ1) is 20.8. The van der Waals surface area contributed by atoms with Crippen molar-refractivity contribution in [3.8, 4) is 0 Å².